The van der Waals surface area contributed by atoms with E-state index in [1.54, 1.807) is 12.1 Å². The van der Waals surface area contributed by atoms with Gasteiger partial charge < -0.3 is 10.6 Å². The van der Waals surface area contributed by atoms with Crippen molar-refractivity contribution in [3.05, 3.63) is 65.2 Å². The minimum absolute atomic E-state index is 0.251. The van der Waals surface area contributed by atoms with Crippen molar-refractivity contribution >= 4 is 11.7 Å². The van der Waals surface area contributed by atoms with Gasteiger partial charge in [0.25, 0.3) is 0 Å². The molecule has 128 valence electrons. The van der Waals surface area contributed by atoms with Crippen LogP contribution in [0.25, 0.3) is 0 Å². The predicted octanol–water partition coefficient (Wildman–Crippen LogP) is 4.63. The standard InChI is InChI=1S/C18H19F3N2O/c1-2-13-5-4-8-16(12-13)23-17(24)22-10-9-14-6-3-7-15(11-14)18(19,20)21/h3-8,11-12H,2,9-10H2,1H3,(H2,22,23,24). The molecule has 0 aliphatic carbocycles. The zero-order valence-corrected chi connectivity index (χ0v) is 13.3. The average Bonchev–Trinajstić information content (AvgIpc) is 2.54. The maximum Gasteiger partial charge on any atom is 0.416 e. The van der Waals surface area contributed by atoms with Crippen LogP contribution < -0.4 is 10.6 Å². The van der Waals surface area contributed by atoms with Gasteiger partial charge in [0.15, 0.2) is 0 Å². The molecular weight excluding hydrogens is 317 g/mol. The smallest absolute Gasteiger partial charge is 0.338 e. The molecule has 0 aromatic heterocycles. The fourth-order valence-electron chi connectivity index (χ4n) is 2.27. The maximum absolute atomic E-state index is 12.6. The largest absolute Gasteiger partial charge is 0.416 e. The van der Waals surface area contributed by atoms with E-state index >= 15 is 0 Å². The van der Waals surface area contributed by atoms with Crippen molar-refractivity contribution in [2.75, 3.05) is 11.9 Å². The highest BCUT2D eigenvalue weighted by molar-refractivity contribution is 5.89. The molecule has 0 atom stereocenters. The summed E-state index contributed by atoms with van der Waals surface area (Å²) in [5.41, 5.74) is 1.64. The van der Waals surface area contributed by atoms with Crippen molar-refractivity contribution in [2.24, 2.45) is 0 Å². The van der Waals surface area contributed by atoms with Gasteiger partial charge in [-0.2, -0.15) is 13.2 Å². The first-order chi connectivity index (χ1) is 11.4. The molecule has 0 saturated heterocycles. The molecule has 0 bridgehead atoms. The number of aryl methyl sites for hydroxylation is 1. The van der Waals surface area contributed by atoms with Crippen molar-refractivity contribution < 1.29 is 18.0 Å². The number of amides is 2. The molecule has 24 heavy (non-hydrogen) atoms. The lowest BCUT2D eigenvalue weighted by molar-refractivity contribution is -0.137. The molecule has 0 heterocycles. The molecule has 0 fully saturated rings. The Morgan fingerprint density at radius 2 is 1.75 bits per heavy atom. The van der Waals surface area contributed by atoms with Crippen LogP contribution in [-0.4, -0.2) is 12.6 Å². The fourth-order valence-corrected chi connectivity index (χ4v) is 2.27. The Morgan fingerprint density at radius 1 is 1.04 bits per heavy atom. The summed E-state index contributed by atoms with van der Waals surface area (Å²) < 4.78 is 37.9. The number of hydrogen-bond acceptors (Lipinski definition) is 1. The summed E-state index contributed by atoms with van der Waals surface area (Å²) in [4.78, 5) is 11.8. The number of rotatable bonds is 5. The molecule has 2 aromatic rings. The number of anilines is 1. The number of carbonyl (C=O) groups is 1. The third-order valence-electron chi connectivity index (χ3n) is 3.55. The molecule has 2 N–H and O–H groups in total. The first-order valence-corrected chi connectivity index (χ1v) is 7.68. The van der Waals surface area contributed by atoms with E-state index < -0.39 is 11.7 Å². The minimum atomic E-state index is -4.36. The number of hydrogen-bond donors (Lipinski definition) is 2. The van der Waals surface area contributed by atoms with Gasteiger partial charge in [-0.3, -0.25) is 0 Å². The molecule has 2 aromatic carbocycles. The van der Waals surface area contributed by atoms with Crippen LogP contribution in [0.1, 0.15) is 23.6 Å². The van der Waals surface area contributed by atoms with Crippen LogP contribution in [-0.2, 0) is 19.0 Å². The minimum Gasteiger partial charge on any atom is -0.338 e. The topological polar surface area (TPSA) is 41.1 Å². The van der Waals surface area contributed by atoms with Gasteiger partial charge in [0.2, 0.25) is 0 Å². The summed E-state index contributed by atoms with van der Waals surface area (Å²) in [6.45, 7) is 2.27. The second kappa shape index (κ2) is 7.86. The van der Waals surface area contributed by atoms with Gasteiger partial charge in [-0.05, 0) is 42.2 Å². The predicted molar refractivity (Wildman–Crippen MR) is 88.0 cm³/mol. The number of halogens is 3. The summed E-state index contributed by atoms with van der Waals surface area (Å²) in [6.07, 6.45) is -3.16. The van der Waals surface area contributed by atoms with E-state index in [9.17, 15) is 18.0 Å². The first-order valence-electron chi connectivity index (χ1n) is 7.68. The van der Waals surface area contributed by atoms with E-state index in [0.717, 1.165) is 24.1 Å². The molecule has 0 unspecified atom stereocenters. The average molecular weight is 336 g/mol. The molecule has 3 nitrogen and oxygen atoms in total. The highest BCUT2D eigenvalue weighted by Crippen LogP contribution is 2.29. The van der Waals surface area contributed by atoms with Gasteiger partial charge in [-0.1, -0.05) is 37.3 Å². The zero-order valence-electron chi connectivity index (χ0n) is 13.3. The van der Waals surface area contributed by atoms with Gasteiger partial charge in [0, 0.05) is 12.2 Å². The Bertz CT molecular complexity index is 699. The molecule has 0 aliphatic rings. The fraction of sp³-hybridized carbons (Fsp3) is 0.278. The lowest BCUT2D eigenvalue weighted by Crippen LogP contribution is -2.30. The molecule has 0 spiro atoms. The van der Waals surface area contributed by atoms with Crippen LogP contribution in [0.5, 0.6) is 0 Å². The number of alkyl halides is 3. The summed E-state index contributed by atoms with van der Waals surface area (Å²) >= 11 is 0. The van der Waals surface area contributed by atoms with E-state index in [2.05, 4.69) is 10.6 Å². The van der Waals surface area contributed by atoms with Crippen molar-refractivity contribution in [2.45, 2.75) is 25.9 Å². The van der Waals surface area contributed by atoms with Gasteiger partial charge >= 0.3 is 12.2 Å². The molecule has 0 radical (unpaired) electrons. The van der Waals surface area contributed by atoms with Crippen LogP contribution in [0, 0.1) is 0 Å². The summed E-state index contributed by atoms with van der Waals surface area (Å²) in [7, 11) is 0. The van der Waals surface area contributed by atoms with Crippen LogP contribution in [0.2, 0.25) is 0 Å². The highest BCUT2D eigenvalue weighted by atomic mass is 19.4. The molecule has 0 aliphatic heterocycles. The normalized spacial score (nSPS) is 11.2. The third kappa shape index (κ3) is 5.30. The van der Waals surface area contributed by atoms with Crippen LogP contribution in [0.3, 0.4) is 0 Å². The van der Waals surface area contributed by atoms with E-state index in [1.807, 2.05) is 25.1 Å². The van der Waals surface area contributed by atoms with Crippen molar-refractivity contribution in [3.63, 3.8) is 0 Å². The van der Waals surface area contributed by atoms with Gasteiger partial charge in [-0.25, -0.2) is 4.79 Å². The first kappa shape index (κ1) is 17.8. The Labute approximate surface area is 138 Å². The van der Waals surface area contributed by atoms with Gasteiger partial charge in [0.1, 0.15) is 0 Å². The van der Waals surface area contributed by atoms with E-state index in [1.165, 1.54) is 6.07 Å². The van der Waals surface area contributed by atoms with Gasteiger partial charge in [-0.15, -0.1) is 0 Å². The molecule has 0 saturated carbocycles. The molecule has 6 heteroatoms. The number of urea groups is 1. The summed E-state index contributed by atoms with van der Waals surface area (Å²) in [6, 6.07) is 12.2. The third-order valence-corrected chi connectivity index (χ3v) is 3.55. The maximum atomic E-state index is 12.6. The van der Waals surface area contributed by atoms with E-state index in [4.69, 9.17) is 0 Å². The molecular formula is C18H19F3N2O. The Kier molecular flexibility index (Phi) is 5.84. The lowest BCUT2D eigenvalue weighted by atomic mass is 10.1. The van der Waals surface area contributed by atoms with E-state index in [-0.39, 0.29) is 12.6 Å². The molecule has 2 rings (SSSR count). The Morgan fingerprint density at radius 3 is 2.46 bits per heavy atom. The van der Waals surface area contributed by atoms with Crippen molar-refractivity contribution in [1.82, 2.24) is 5.32 Å². The Hall–Kier alpha value is -2.50. The second-order valence-corrected chi connectivity index (χ2v) is 5.38. The molecule has 2 amide bonds. The number of nitrogens with one attached hydrogen (secondary N) is 2. The summed E-state index contributed by atoms with van der Waals surface area (Å²) in [5, 5.41) is 5.35. The SMILES string of the molecule is CCc1cccc(NC(=O)NCCc2cccc(C(F)(F)F)c2)c1. The number of carbonyl (C=O) groups excluding carboxylic acids is 1. The second-order valence-electron chi connectivity index (χ2n) is 5.38. The monoisotopic (exact) mass is 336 g/mol. The highest BCUT2D eigenvalue weighted by Gasteiger charge is 2.30. The van der Waals surface area contributed by atoms with Crippen molar-refractivity contribution in [1.29, 1.82) is 0 Å². The van der Waals surface area contributed by atoms with Gasteiger partial charge in [0.05, 0.1) is 5.56 Å². The lowest BCUT2D eigenvalue weighted by Gasteiger charge is -2.10. The van der Waals surface area contributed by atoms with Crippen molar-refractivity contribution in [3.8, 4) is 0 Å². The quantitative estimate of drug-likeness (QED) is 0.821. The van der Waals surface area contributed by atoms with Crippen LogP contribution in [0.15, 0.2) is 48.5 Å². The van der Waals surface area contributed by atoms with Crippen LogP contribution >= 0.6 is 0 Å². The van der Waals surface area contributed by atoms with Crippen LogP contribution in [0.4, 0.5) is 23.7 Å². The van der Waals surface area contributed by atoms with E-state index in [0.29, 0.717) is 17.7 Å². The summed E-state index contributed by atoms with van der Waals surface area (Å²) in [5.74, 6) is 0. The number of benzene rings is 2. The Balaban J connectivity index is 1.84. The zero-order chi connectivity index (χ0) is 17.6.